The molecule has 0 saturated heterocycles. The Labute approximate surface area is 97.8 Å². The number of ether oxygens (including phenoxy) is 1. The predicted octanol–water partition coefficient (Wildman–Crippen LogP) is 2.91. The van der Waals surface area contributed by atoms with Crippen molar-refractivity contribution >= 4 is 0 Å². The van der Waals surface area contributed by atoms with Crippen molar-refractivity contribution in [2.24, 2.45) is 5.92 Å². The summed E-state index contributed by atoms with van der Waals surface area (Å²) in [5, 5.41) is 3.03. The van der Waals surface area contributed by atoms with E-state index >= 15 is 0 Å². The number of para-hydroxylation sites is 1. The van der Waals surface area contributed by atoms with Gasteiger partial charge < -0.3 is 10.1 Å². The molecule has 1 aliphatic carbocycles. The maximum absolute atomic E-state index is 12.2. The molecule has 1 aliphatic rings. The Kier molecular flexibility index (Phi) is 3.28. The van der Waals surface area contributed by atoms with E-state index in [1.807, 2.05) is 7.05 Å². The molecule has 1 aromatic carbocycles. The van der Waals surface area contributed by atoms with E-state index in [-0.39, 0.29) is 11.7 Å². The van der Waals surface area contributed by atoms with Gasteiger partial charge in [-0.25, -0.2) is 0 Å². The maximum Gasteiger partial charge on any atom is 0.573 e. The second-order valence-electron chi connectivity index (χ2n) is 4.25. The molecule has 94 valence electrons. The van der Waals surface area contributed by atoms with Crippen molar-refractivity contribution < 1.29 is 17.9 Å². The quantitative estimate of drug-likeness (QED) is 0.880. The third-order valence-corrected chi connectivity index (χ3v) is 2.93. The van der Waals surface area contributed by atoms with E-state index in [0.717, 1.165) is 13.0 Å². The maximum atomic E-state index is 12.2. The lowest BCUT2D eigenvalue weighted by Crippen LogP contribution is -2.18. The van der Waals surface area contributed by atoms with Crippen molar-refractivity contribution in [1.29, 1.82) is 0 Å². The van der Waals surface area contributed by atoms with E-state index in [2.05, 4.69) is 10.1 Å². The van der Waals surface area contributed by atoms with E-state index in [1.165, 1.54) is 6.07 Å². The molecule has 2 atom stereocenters. The van der Waals surface area contributed by atoms with Gasteiger partial charge in [0.2, 0.25) is 0 Å². The van der Waals surface area contributed by atoms with E-state index in [4.69, 9.17) is 0 Å². The Hall–Kier alpha value is -1.23. The van der Waals surface area contributed by atoms with Crippen LogP contribution in [0.5, 0.6) is 5.75 Å². The molecule has 1 N–H and O–H groups in total. The van der Waals surface area contributed by atoms with Crippen LogP contribution in [0.25, 0.3) is 0 Å². The standard InChI is InChI=1S/C12H14F3NO/c1-16-7-8-6-10(8)9-4-2-3-5-11(9)17-12(13,14)15/h2-5,8,10,16H,6-7H2,1H3/t8-,10+/m0/s1. The zero-order valence-electron chi connectivity index (χ0n) is 9.42. The number of hydrogen-bond donors (Lipinski definition) is 1. The lowest BCUT2D eigenvalue weighted by Gasteiger charge is -2.13. The largest absolute Gasteiger partial charge is 0.573 e. The summed E-state index contributed by atoms with van der Waals surface area (Å²) in [6.45, 7) is 0.824. The molecule has 0 amide bonds. The smallest absolute Gasteiger partial charge is 0.405 e. The number of benzene rings is 1. The molecule has 2 nitrogen and oxygen atoms in total. The first-order valence-electron chi connectivity index (χ1n) is 5.50. The van der Waals surface area contributed by atoms with Crippen LogP contribution in [-0.4, -0.2) is 20.0 Å². The molecular formula is C12H14F3NO. The van der Waals surface area contributed by atoms with Gasteiger partial charge in [0.25, 0.3) is 0 Å². The van der Waals surface area contributed by atoms with E-state index < -0.39 is 6.36 Å². The zero-order chi connectivity index (χ0) is 12.5. The third kappa shape index (κ3) is 3.12. The molecule has 17 heavy (non-hydrogen) atoms. The van der Waals surface area contributed by atoms with Crippen molar-refractivity contribution in [2.75, 3.05) is 13.6 Å². The van der Waals surface area contributed by atoms with Gasteiger partial charge in [-0.1, -0.05) is 18.2 Å². The van der Waals surface area contributed by atoms with Crippen molar-refractivity contribution in [3.05, 3.63) is 29.8 Å². The summed E-state index contributed by atoms with van der Waals surface area (Å²) in [4.78, 5) is 0. The molecule has 0 spiro atoms. The molecule has 1 saturated carbocycles. The van der Waals surface area contributed by atoms with Crippen LogP contribution in [-0.2, 0) is 0 Å². The molecule has 0 bridgehead atoms. The first-order valence-corrected chi connectivity index (χ1v) is 5.50. The van der Waals surface area contributed by atoms with Crippen LogP contribution in [0.3, 0.4) is 0 Å². The molecule has 5 heteroatoms. The highest BCUT2D eigenvalue weighted by Crippen LogP contribution is 2.50. The molecular weight excluding hydrogens is 231 g/mol. The topological polar surface area (TPSA) is 21.3 Å². The molecule has 1 aromatic rings. The van der Waals surface area contributed by atoms with Gasteiger partial charge in [0.15, 0.2) is 0 Å². The summed E-state index contributed by atoms with van der Waals surface area (Å²) in [7, 11) is 1.84. The minimum Gasteiger partial charge on any atom is -0.405 e. The summed E-state index contributed by atoms with van der Waals surface area (Å²) in [5.41, 5.74) is 0.657. The Morgan fingerprint density at radius 2 is 2.06 bits per heavy atom. The van der Waals surface area contributed by atoms with Gasteiger partial charge in [-0.2, -0.15) is 0 Å². The molecule has 1 fully saturated rings. The van der Waals surface area contributed by atoms with Crippen LogP contribution >= 0.6 is 0 Å². The summed E-state index contributed by atoms with van der Waals surface area (Å²) < 4.78 is 40.7. The summed E-state index contributed by atoms with van der Waals surface area (Å²) in [5.74, 6) is 0.530. The molecule has 0 aromatic heterocycles. The van der Waals surface area contributed by atoms with Gasteiger partial charge in [0, 0.05) is 0 Å². The molecule has 2 rings (SSSR count). The summed E-state index contributed by atoms with van der Waals surface area (Å²) in [6, 6.07) is 6.38. The van der Waals surface area contributed by atoms with Gasteiger partial charge in [0.05, 0.1) is 0 Å². The van der Waals surface area contributed by atoms with Crippen molar-refractivity contribution in [2.45, 2.75) is 18.7 Å². The van der Waals surface area contributed by atoms with Gasteiger partial charge >= 0.3 is 6.36 Å². The number of alkyl halides is 3. The fraction of sp³-hybridized carbons (Fsp3) is 0.500. The molecule has 0 heterocycles. The predicted molar refractivity (Wildman–Crippen MR) is 57.9 cm³/mol. The molecule has 0 radical (unpaired) electrons. The van der Waals surface area contributed by atoms with Gasteiger partial charge in [0.1, 0.15) is 5.75 Å². The van der Waals surface area contributed by atoms with Crippen LogP contribution in [0.2, 0.25) is 0 Å². The van der Waals surface area contributed by atoms with Crippen LogP contribution in [0.4, 0.5) is 13.2 Å². The van der Waals surface area contributed by atoms with E-state index in [0.29, 0.717) is 11.5 Å². The fourth-order valence-corrected chi connectivity index (χ4v) is 2.12. The Bertz CT molecular complexity index is 392. The van der Waals surface area contributed by atoms with Crippen LogP contribution in [0.15, 0.2) is 24.3 Å². The Morgan fingerprint density at radius 3 is 2.71 bits per heavy atom. The number of rotatable bonds is 4. The highest BCUT2D eigenvalue weighted by molar-refractivity contribution is 5.39. The lowest BCUT2D eigenvalue weighted by molar-refractivity contribution is -0.274. The zero-order valence-corrected chi connectivity index (χ0v) is 9.42. The number of halogens is 3. The summed E-state index contributed by atoms with van der Waals surface area (Å²) in [6.07, 6.45) is -3.71. The second-order valence-corrected chi connectivity index (χ2v) is 4.25. The number of nitrogens with one attached hydrogen (secondary N) is 1. The van der Waals surface area contributed by atoms with Gasteiger partial charge in [-0.05, 0) is 43.5 Å². The van der Waals surface area contributed by atoms with Gasteiger partial charge in [-0.15, -0.1) is 13.2 Å². The molecule has 0 unspecified atom stereocenters. The van der Waals surface area contributed by atoms with Gasteiger partial charge in [-0.3, -0.25) is 0 Å². The monoisotopic (exact) mass is 245 g/mol. The lowest BCUT2D eigenvalue weighted by atomic mass is 10.1. The van der Waals surface area contributed by atoms with E-state index in [1.54, 1.807) is 18.2 Å². The second kappa shape index (κ2) is 4.56. The van der Waals surface area contributed by atoms with Crippen LogP contribution in [0, 0.1) is 5.92 Å². The van der Waals surface area contributed by atoms with E-state index in [9.17, 15) is 13.2 Å². The first kappa shape index (κ1) is 12.2. The van der Waals surface area contributed by atoms with Crippen molar-refractivity contribution in [3.63, 3.8) is 0 Å². The van der Waals surface area contributed by atoms with Crippen molar-refractivity contribution in [1.82, 2.24) is 5.32 Å². The highest BCUT2D eigenvalue weighted by atomic mass is 19.4. The van der Waals surface area contributed by atoms with Crippen LogP contribution in [0.1, 0.15) is 17.9 Å². The fourth-order valence-electron chi connectivity index (χ4n) is 2.12. The van der Waals surface area contributed by atoms with Crippen LogP contribution < -0.4 is 10.1 Å². The first-order chi connectivity index (χ1) is 8.01. The Balaban J connectivity index is 2.12. The minimum absolute atomic E-state index is 0.0661. The minimum atomic E-state index is -4.62. The van der Waals surface area contributed by atoms with Crippen molar-refractivity contribution in [3.8, 4) is 5.75 Å². The Morgan fingerprint density at radius 1 is 1.35 bits per heavy atom. The third-order valence-electron chi connectivity index (χ3n) is 2.93. The average molecular weight is 245 g/mol. The average Bonchev–Trinajstić information content (AvgIpc) is 2.96. The summed E-state index contributed by atoms with van der Waals surface area (Å²) >= 11 is 0. The normalized spacial score (nSPS) is 23.5. The number of hydrogen-bond acceptors (Lipinski definition) is 2. The molecule has 0 aliphatic heterocycles. The SMILES string of the molecule is CNC[C@@H]1C[C@H]1c1ccccc1OC(F)(F)F. The highest BCUT2D eigenvalue weighted by Gasteiger charge is 2.41.